The predicted octanol–water partition coefficient (Wildman–Crippen LogP) is 3.15. The van der Waals surface area contributed by atoms with E-state index in [1.807, 2.05) is 6.07 Å². The summed E-state index contributed by atoms with van der Waals surface area (Å²) in [5.41, 5.74) is -0.493. The molecule has 3 rings (SSSR count). The monoisotopic (exact) mass is 364 g/mol. The average Bonchev–Trinajstić information content (AvgIpc) is 2.52. The van der Waals surface area contributed by atoms with Gasteiger partial charge in [0.15, 0.2) is 0 Å². The van der Waals surface area contributed by atoms with Gasteiger partial charge in [-0.2, -0.15) is 5.26 Å². The lowest BCUT2D eigenvalue weighted by molar-refractivity contribution is -0.0642. The Bertz CT molecular complexity index is 915. The number of hydrogen-bond donors (Lipinski definition) is 1. The molecular formula is C17H14Cl2N2O3. The summed E-state index contributed by atoms with van der Waals surface area (Å²) in [5.74, 6) is 0.497. The standard InChI is InChI=1S/C17H14Cl2N2O3/c1-17(2)15(22)14(21-8-10(18)6-12(19)16(21)23)11-5-9(7-20)3-4-13(11)24-17/h3-6,8,14-15,22H,1-2H3/t14-,15+/m1/s1. The van der Waals surface area contributed by atoms with Gasteiger partial charge < -0.3 is 14.4 Å². The van der Waals surface area contributed by atoms with E-state index >= 15 is 0 Å². The molecule has 0 bridgehead atoms. The van der Waals surface area contributed by atoms with E-state index in [9.17, 15) is 9.90 Å². The molecule has 0 radical (unpaired) electrons. The van der Waals surface area contributed by atoms with Crippen LogP contribution in [0.2, 0.25) is 10.0 Å². The lowest BCUT2D eigenvalue weighted by Gasteiger charge is -2.42. The molecule has 2 aromatic rings. The highest BCUT2D eigenvalue weighted by molar-refractivity contribution is 6.34. The molecule has 2 atom stereocenters. The highest BCUT2D eigenvalue weighted by Gasteiger charge is 2.44. The Kier molecular flexibility index (Phi) is 4.08. The number of rotatable bonds is 1. The number of nitrogens with zero attached hydrogens (tertiary/aromatic N) is 2. The number of nitriles is 1. The molecule has 24 heavy (non-hydrogen) atoms. The van der Waals surface area contributed by atoms with Gasteiger partial charge in [-0.05, 0) is 38.1 Å². The summed E-state index contributed by atoms with van der Waals surface area (Å²) in [7, 11) is 0. The zero-order valence-electron chi connectivity index (χ0n) is 13.0. The Balaban J connectivity index is 2.31. The summed E-state index contributed by atoms with van der Waals surface area (Å²) in [4.78, 5) is 12.5. The third-order valence-corrected chi connectivity index (χ3v) is 4.58. The Morgan fingerprint density at radius 1 is 1.33 bits per heavy atom. The number of halogens is 2. The van der Waals surface area contributed by atoms with E-state index in [1.165, 1.54) is 16.8 Å². The van der Waals surface area contributed by atoms with Crippen LogP contribution < -0.4 is 10.3 Å². The topological polar surface area (TPSA) is 75.2 Å². The molecule has 1 N–H and O–H groups in total. The van der Waals surface area contributed by atoms with E-state index in [2.05, 4.69) is 0 Å². The molecule has 5 nitrogen and oxygen atoms in total. The Labute approximate surface area is 148 Å². The van der Waals surface area contributed by atoms with Crippen molar-refractivity contribution >= 4 is 23.2 Å². The van der Waals surface area contributed by atoms with Gasteiger partial charge in [-0.25, -0.2) is 0 Å². The smallest absolute Gasteiger partial charge is 0.270 e. The van der Waals surface area contributed by atoms with Crippen molar-refractivity contribution in [3.63, 3.8) is 0 Å². The molecular weight excluding hydrogens is 351 g/mol. The van der Waals surface area contributed by atoms with Crippen LogP contribution in [0.25, 0.3) is 0 Å². The summed E-state index contributed by atoms with van der Waals surface area (Å²) in [6, 6.07) is 7.50. The number of ether oxygens (including phenoxy) is 1. The van der Waals surface area contributed by atoms with Crippen molar-refractivity contribution in [3.05, 3.63) is 62.0 Å². The number of benzene rings is 1. The number of aliphatic hydroxyl groups is 1. The van der Waals surface area contributed by atoms with Gasteiger partial charge in [0.2, 0.25) is 0 Å². The van der Waals surface area contributed by atoms with Crippen molar-refractivity contribution in [2.24, 2.45) is 0 Å². The van der Waals surface area contributed by atoms with Crippen LogP contribution in [0.1, 0.15) is 31.0 Å². The summed E-state index contributed by atoms with van der Waals surface area (Å²) < 4.78 is 7.13. The largest absolute Gasteiger partial charge is 0.485 e. The first-order valence-electron chi connectivity index (χ1n) is 7.23. The minimum atomic E-state index is -1.05. The fourth-order valence-corrected chi connectivity index (χ4v) is 3.36. The number of fused-ring (bicyclic) bond motifs is 1. The number of hydrogen-bond acceptors (Lipinski definition) is 4. The molecule has 124 valence electrons. The first kappa shape index (κ1) is 16.8. The van der Waals surface area contributed by atoms with E-state index in [-0.39, 0.29) is 10.0 Å². The maximum atomic E-state index is 12.5. The molecule has 0 spiro atoms. The Morgan fingerprint density at radius 3 is 2.71 bits per heavy atom. The van der Waals surface area contributed by atoms with E-state index in [0.717, 1.165) is 0 Å². The van der Waals surface area contributed by atoms with Gasteiger partial charge in [-0.3, -0.25) is 4.79 Å². The lowest BCUT2D eigenvalue weighted by Crippen LogP contribution is -2.52. The van der Waals surface area contributed by atoms with Crippen LogP contribution in [0, 0.1) is 11.3 Å². The van der Waals surface area contributed by atoms with E-state index in [4.69, 9.17) is 33.2 Å². The first-order chi connectivity index (χ1) is 11.2. The van der Waals surface area contributed by atoms with Crippen molar-refractivity contribution in [1.29, 1.82) is 5.26 Å². The summed E-state index contributed by atoms with van der Waals surface area (Å²) in [5, 5.41) is 20.2. The van der Waals surface area contributed by atoms with Gasteiger partial charge in [0, 0.05) is 11.8 Å². The van der Waals surface area contributed by atoms with E-state index in [1.54, 1.807) is 32.0 Å². The number of aliphatic hydroxyl groups excluding tert-OH is 1. The highest BCUT2D eigenvalue weighted by atomic mass is 35.5. The molecule has 2 heterocycles. The molecule has 0 saturated heterocycles. The van der Waals surface area contributed by atoms with Gasteiger partial charge in [0.05, 0.1) is 22.7 Å². The quantitative estimate of drug-likeness (QED) is 0.843. The molecule has 0 unspecified atom stereocenters. The molecule has 0 aliphatic carbocycles. The van der Waals surface area contributed by atoms with Crippen LogP contribution in [-0.2, 0) is 0 Å². The van der Waals surface area contributed by atoms with Crippen LogP contribution in [0.3, 0.4) is 0 Å². The zero-order chi connectivity index (χ0) is 17.6. The number of pyridine rings is 1. The van der Waals surface area contributed by atoms with Gasteiger partial charge in [-0.15, -0.1) is 0 Å². The molecule has 0 amide bonds. The van der Waals surface area contributed by atoms with Crippen LogP contribution >= 0.6 is 23.2 Å². The van der Waals surface area contributed by atoms with Gasteiger partial charge in [-0.1, -0.05) is 23.2 Å². The van der Waals surface area contributed by atoms with Crippen LogP contribution in [0.15, 0.2) is 35.3 Å². The minimum absolute atomic E-state index is 0.0445. The second-order valence-electron chi connectivity index (χ2n) is 6.18. The van der Waals surface area contributed by atoms with Crippen molar-refractivity contribution in [3.8, 4) is 11.8 Å². The average molecular weight is 365 g/mol. The van der Waals surface area contributed by atoms with Gasteiger partial charge in [0.25, 0.3) is 5.56 Å². The van der Waals surface area contributed by atoms with Crippen LogP contribution in [0.5, 0.6) is 5.75 Å². The predicted molar refractivity (Wildman–Crippen MR) is 90.7 cm³/mol. The lowest BCUT2D eigenvalue weighted by atomic mass is 9.85. The molecule has 0 saturated carbocycles. The maximum Gasteiger partial charge on any atom is 0.270 e. The second-order valence-corrected chi connectivity index (χ2v) is 7.02. The van der Waals surface area contributed by atoms with Crippen molar-refractivity contribution in [2.75, 3.05) is 0 Å². The first-order valence-corrected chi connectivity index (χ1v) is 7.98. The van der Waals surface area contributed by atoms with Crippen molar-refractivity contribution in [2.45, 2.75) is 31.6 Å². The molecule has 7 heteroatoms. The highest BCUT2D eigenvalue weighted by Crippen LogP contribution is 2.42. The molecule has 0 fully saturated rings. The van der Waals surface area contributed by atoms with Gasteiger partial charge in [0.1, 0.15) is 22.5 Å². The van der Waals surface area contributed by atoms with Crippen molar-refractivity contribution in [1.82, 2.24) is 4.57 Å². The normalized spacial score (nSPS) is 21.5. The summed E-state index contributed by atoms with van der Waals surface area (Å²) in [6.07, 6.45) is 0.375. The zero-order valence-corrected chi connectivity index (χ0v) is 14.5. The minimum Gasteiger partial charge on any atom is -0.485 e. The fraction of sp³-hybridized carbons (Fsp3) is 0.294. The SMILES string of the molecule is CC1(C)Oc2ccc(C#N)cc2[C@@H](n2cc(Cl)cc(Cl)c2=O)[C@@H]1O. The van der Waals surface area contributed by atoms with Crippen molar-refractivity contribution < 1.29 is 9.84 Å². The second kappa shape index (κ2) is 5.82. The van der Waals surface area contributed by atoms with Crippen LogP contribution in [0.4, 0.5) is 0 Å². The summed E-state index contributed by atoms with van der Waals surface area (Å²) >= 11 is 12.0. The fourth-order valence-electron chi connectivity index (χ4n) is 2.88. The third-order valence-electron chi connectivity index (χ3n) is 4.11. The molecule has 1 aromatic heterocycles. The van der Waals surface area contributed by atoms with E-state index < -0.39 is 23.3 Å². The molecule has 1 aliphatic rings. The molecule has 1 aliphatic heterocycles. The Hall–Kier alpha value is -2.00. The third kappa shape index (κ3) is 2.67. The van der Waals surface area contributed by atoms with Crippen LogP contribution in [-0.4, -0.2) is 21.4 Å². The maximum absolute atomic E-state index is 12.5. The molecule has 1 aromatic carbocycles. The Morgan fingerprint density at radius 2 is 2.04 bits per heavy atom. The summed E-state index contributed by atoms with van der Waals surface area (Å²) in [6.45, 7) is 3.45. The van der Waals surface area contributed by atoms with E-state index in [0.29, 0.717) is 16.9 Å². The number of aromatic nitrogens is 1. The van der Waals surface area contributed by atoms with Gasteiger partial charge >= 0.3 is 0 Å².